The summed E-state index contributed by atoms with van der Waals surface area (Å²) in [5, 5.41) is 14.9. The van der Waals surface area contributed by atoms with Crippen molar-refractivity contribution in [3.8, 4) is 0 Å². The molecule has 1 aromatic heterocycles. The topological polar surface area (TPSA) is 114 Å². The SMILES string of the molecule is CCC(NC(=O)CSc1nc(=S)[nH]c(=S)[nH]1)[N+]1(c2c(C)cccc2C)CC1CC(=O)[O-].[Na+]. The number of hydrogen-bond acceptors (Lipinski definition) is 7. The number of quaternary nitrogens is 1. The molecule has 0 bridgehead atoms. The first-order chi connectivity index (χ1) is 14.7. The third-order valence-corrected chi connectivity index (χ3v) is 6.81. The summed E-state index contributed by atoms with van der Waals surface area (Å²) in [5.74, 6) is -1.11. The quantitative estimate of drug-likeness (QED) is 0.137. The molecule has 1 aromatic carbocycles. The smallest absolute Gasteiger partial charge is 0.550 e. The monoisotopic (exact) mass is 502 g/mol. The van der Waals surface area contributed by atoms with Crippen LogP contribution in [0, 0.1) is 23.4 Å². The number of carbonyl (C=O) groups excluding carboxylic acids is 2. The van der Waals surface area contributed by atoms with Gasteiger partial charge >= 0.3 is 29.6 Å². The molecule has 2 heterocycles. The van der Waals surface area contributed by atoms with E-state index in [-0.39, 0.29) is 64.6 Å². The second-order valence-electron chi connectivity index (χ2n) is 7.66. The van der Waals surface area contributed by atoms with E-state index in [1.807, 2.05) is 39.0 Å². The summed E-state index contributed by atoms with van der Waals surface area (Å²) in [6.45, 7) is 6.69. The van der Waals surface area contributed by atoms with Crippen LogP contribution in [0.5, 0.6) is 0 Å². The molecular weight excluding hydrogens is 477 g/mol. The molecule has 2 aromatic rings. The van der Waals surface area contributed by atoms with E-state index in [0.29, 0.717) is 27.4 Å². The van der Waals surface area contributed by atoms with Gasteiger partial charge in [-0.2, -0.15) is 4.98 Å². The Labute approximate surface area is 223 Å². The number of aryl methyl sites for hydroxylation is 2. The Balaban J connectivity index is 0.00000363. The number of benzene rings is 1. The molecule has 3 N–H and O–H groups in total. The largest absolute Gasteiger partial charge is 1.00 e. The van der Waals surface area contributed by atoms with E-state index < -0.39 is 5.97 Å². The average Bonchev–Trinajstić information content (AvgIpc) is 3.36. The maximum Gasteiger partial charge on any atom is 1.00 e. The number of nitrogens with zero attached hydrogens (tertiary/aromatic N) is 2. The number of carboxylic acid groups (broad SMARTS) is 1. The molecule has 3 rings (SSSR count). The third-order valence-electron chi connectivity index (χ3n) is 5.54. The Bertz CT molecular complexity index is 1070. The molecule has 1 fully saturated rings. The van der Waals surface area contributed by atoms with Gasteiger partial charge in [-0.1, -0.05) is 36.9 Å². The van der Waals surface area contributed by atoms with Crippen molar-refractivity contribution in [3.05, 3.63) is 38.9 Å². The van der Waals surface area contributed by atoms with Crippen molar-refractivity contribution >= 4 is 53.8 Å². The molecule has 1 amide bonds. The van der Waals surface area contributed by atoms with Gasteiger partial charge in [0, 0.05) is 29.9 Å². The Morgan fingerprint density at radius 1 is 1.31 bits per heavy atom. The van der Waals surface area contributed by atoms with Gasteiger partial charge in [0.05, 0.1) is 5.75 Å². The number of carboxylic acids is 1. The van der Waals surface area contributed by atoms with Crippen LogP contribution >= 0.6 is 36.2 Å². The minimum absolute atomic E-state index is 0. The van der Waals surface area contributed by atoms with Crippen molar-refractivity contribution in [1.82, 2.24) is 24.8 Å². The van der Waals surface area contributed by atoms with E-state index in [9.17, 15) is 14.7 Å². The molecular formula is C20H25N5NaO3S3+. The van der Waals surface area contributed by atoms with Crippen LogP contribution in [-0.2, 0) is 9.59 Å². The fourth-order valence-electron chi connectivity index (χ4n) is 4.34. The van der Waals surface area contributed by atoms with E-state index in [4.69, 9.17) is 24.4 Å². The summed E-state index contributed by atoms with van der Waals surface area (Å²) in [6, 6.07) is 5.90. The predicted molar refractivity (Wildman–Crippen MR) is 124 cm³/mol. The second kappa shape index (κ2) is 11.4. The summed E-state index contributed by atoms with van der Waals surface area (Å²) >= 11 is 11.3. The maximum atomic E-state index is 12.8. The number of para-hydroxylation sites is 1. The standard InChI is InChI=1S/C20H25N5O3S3.Na/c1-4-14(21-15(26)10-31-20-23-18(29)22-19(30)24-20)25(9-13(25)8-16(27)28)17-11(2)6-5-7-12(17)3;/h5-7,13-14H,4,8-10H2,1-3H3,(H3-,21,22,23,24,26,27,28,29,30);/q;+1. The van der Waals surface area contributed by atoms with Crippen molar-refractivity contribution < 1.29 is 44.3 Å². The Hall–Kier alpha value is -1.08. The third kappa shape index (κ3) is 6.07. The zero-order valence-corrected chi connectivity index (χ0v) is 23.0. The van der Waals surface area contributed by atoms with Gasteiger partial charge in [-0.15, -0.1) is 0 Å². The Morgan fingerprint density at radius 2 is 1.97 bits per heavy atom. The minimum atomic E-state index is -1.07. The number of carbonyl (C=O) groups is 2. The zero-order chi connectivity index (χ0) is 22.8. The summed E-state index contributed by atoms with van der Waals surface area (Å²) in [4.78, 5) is 33.8. The summed E-state index contributed by atoms with van der Waals surface area (Å²) < 4.78 is 1.03. The summed E-state index contributed by atoms with van der Waals surface area (Å²) in [7, 11) is 0. The zero-order valence-electron chi connectivity index (χ0n) is 18.6. The van der Waals surface area contributed by atoms with Gasteiger partial charge in [-0.3, -0.25) is 9.28 Å². The van der Waals surface area contributed by atoms with E-state index in [1.165, 1.54) is 11.8 Å². The molecule has 0 spiro atoms. The molecule has 166 valence electrons. The molecule has 32 heavy (non-hydrogen) atoms. The van der Waals surface area contributed by atoms with E-state index in [2.05, 4.69) is 20.3 Å². The van der Waals surface area contributed by atoms with Gasteiger partial charge in [0.1, 0.15) is 12.2 Å². The molecule has 0 saturated carbocycles. The van der Waals surface area contributed by atoms with Gasteiger partial charge < -0.3 is 25.2 Å². The van der Waals surface area contributed by atoms with Gasteiger partial charge in [-0.05, 0) is 38.3 Å². The first kappa shape index (κ1) is 27.2. The Morgan fingerprint density at radius 3 is 2.53 bits per heavy atom. The van der Waals surface area contributed by atoms with Crippen molar-refractivity contribution in [2.45, 2.75) is 51.0 Å². The van der Waals surface area contributed by atoms with Gasteiger partial charge in [0.2, 0.25) is 10.7 Å². The maximum absolute atomic E-state index is 12.8. The number of aromatic nitrogens is 3. The van der Waals surface area contributed by atoms with E-state index in [0.717, 1.165) is 16.8 Å². The van der Waals surface area contributed by atoms with E-state index in [1.54, 1.807) is 0 Å². The number of aliphatic carboxylic acids is 1. The van der Waals surface area contributed by atoms with Crippen molar-refractivity contribution in [1.29, 1.82) is 0 Å². The summed E-state index contributed by atoms with van der Waals surface area (Å²) in [6.07, 6.45) is 0.366. The van der Waals surface area contributed by atoms with Gasteiger partial charge in [-0.25, -0.2) is 0 Å². The average molecular weight is 503 g/mol. The molecule has 1 saturated heterocycles. The van der Waals surface area contributed by atoms with Crippen LogP contribution in [0.3, 0.4) is 0 Å². The fraction of sp³-hybridized carbons (Fsp3) is 0.450. The van der Waals surface area contributed by atoms with Gasteiger partial charge in [0.25, 0.3) is 0 Å². The molecule has 3 unspecified atom stereocenters. The minimum Gasteiger partial charge on any atom is -0.550 e. The van der Waals surface area contributed by atoms with Crippen LogP contribution in [-0.4, -0.2) is 51.3 Å². The fourth-order valence-corrected chi connectivity index (χ4v) is 5.60. The summed E-state index contributed by atoms with van der Waals surface area (Å²) in [5.41, 5.74) is 3.24. The normalized spacial score (nSPS) is 20.2. The second-order valence-corrected chi connectivity index (χ2v) is 9.42. The van der Waals surface area contributed by atoms with Crippen molar-refractivity contribution in [2.24, 2.45) is 0 Å². The number of rotatable bonds is 9. The number of amides is 1. The van der Waals surface area contributed by atoms with Crippen LogP contribution in [0.2, 0.25) is 0 Å². The number of nitrogens with one attached hydrogen (secondary N) is 3. The van der Waals surface area contributed by atoms with Gasteiger partial charge in [0.15, 0.2) is 22.1 Å². The van der Waals surface area contributed by atoms with Crippen molar-refractivity contribution in [2.75, 3.05) is 12.3 Å². The predicted octanol–water partition coefficient (Wildman–Crippen LogP) is -0.708. The van der Waals surface area contributed by atoms with Crippen LogP contribution < -0.4 is 44.5 Å². The van der Waals surface area contributed by atoms with Crippen LogP contribution in [0.25, 0.3) is 0 Å². The molecule has 1 aliphatic heterocycles. The van der Waals surface area contributed by atoms with Crippen LogP contribution in [0.1, 0.15) is 30.9 Å². The van der Waals surface area contributed by atoms with Crippen LogP contribution in [0.15, 0.2) is 23.4 Å². The number of thioether (sulfide) groups is 1. The molecule has 0 radical (unpaired) electrons. The molecule has 1 aliphatic rings. The number of aromatic amines is 2. The molecule has 3 atom stereocenters. The Kier molecular flexibility index (Phi) is 9.65. The first-order valence-electron chi connectivity index (χ1n) is 9.94. The van der Waals surface area contributed by atoms with E-state index >= 15 is 0 Å². The molecule has 0 aliphatic carbocycles. The van der Waals surface area contributed by atoms with Crippen LogP contribution in [0.4, 0.5) is 5.69 Å². The molecule has 12 heteroatoms. The van der Waals surface area contributed by atoms with Crippen molar-refractivity contribution in [3.63, 3.8) is 0 Å². The first-order valence-corrected chi connectivity index (χ1v) is 11.7. The molecule has 8 nitrogen and oxygen atoms in total. The number of hydrogen-bond donors (Lipinski definition) is 3. The number of H-pyrrole nitrogens is 2.